The van der Waals surface area contributed by atoms with Crippen molar-refractivity contribution in [2.75, 3.05) is 18.3 Å². The number of anilines is 1. The summed E-state index contributed by atoms with van der Waals surface area (Å²) >= 11 is 3.24. The fourth-order valence-electron chi connectivity index (χ4n) is 1.65. The molecule has 0 bridgehead atoms. The Hall–Kier alpha value is -0.860. The minimum Gasteiger partial charge on any atom is -0.469 e. The zero-order valence-electron chi connectivity index (χ0n) is 10.1. The number of hydrazine groups is 1. The highest BCUT2D eigenvalue weighted by molar-refractivity contribution is 7.98. The minimum atomic E-state index is -0.112. The van der Waals surface area contributed by atoms with Crippen molar-refractivity contribution in [1.82, 2.24) is 10.2 Å². The van der Waals surface area contributed by atoms with Crippen LogP contribution in [-0.2, 0) is 15.3 Å². The number of nitrogens with two attached hydrogens (primary N) is 1. The number of methoxy groups -OCH3 is 1. The number of carbonyl (C=O) groups excluding carboxylic acids is 1. The Kier molecular flexibility index (Phi) is 4.41. The molecule has 1 heterocycles. The molecule has 0 radical (unpaired) electrons. The molecule has 0 atom stereocenters. The fourth-order valence-corrected chi connectivity index (χ4v) is 3.74. The Morgan fingerprint density at radius 3 is 2.94 bits per heavy atom. The van der Waals surface area contributed by atoms with Gasteiger partial charge in [-0.25, -0.2) is 5.84 Å². The van der Waals surface area contributed by atoms with Gasteiger partial charge >= 0.3 is 5.97 Å². The number of rotatable bonds is 7. The number of ether oxygens (including phenoxy) is 1. The molecule has 0 spiro atoms. The number of hydrogen-bond donors (Lipinski definition) is 2. The van der Waals surface area contributed by atoms with Crippen LogP contribution in [0.3, 0.4) is 0 Å². The molecule has 0 unspecified atom stereocenters. The van der Waals surface area contributed by atoms with Gasteiger partial charge in [0.2, 0.25) is 5.13 Å². The van der Waals surface area contributed by atoms with E-state index in [-0.39, 0.29) is 11.4 Å². The molecule has 8 heteroatoms. The van der Waals surface area contributed by atoms with Crippen LogP contribution < -0.4 is 11.3 Å². The van der Waals surface area contributed by atoms with Crippen LogP contribution in [0, 0.1) is 5.41 Å². The van der Waals surface area contributed by atoms with Crippen LogP contribution in [0.15, 0.2) is 0 Å². The Morgan fingerprint density at radius 1 is 1.61 bits per heavy atom. The highest BCUT2D eigenvalue weighted by Gasteiger charge is 2.44. The summed E-state index contributed by atoms with van der Waals surface area (Å²) in [6.45, 7) is 0. The van der Waals surface area contributed by atoms with E-state index in [1.807, 2.05) is 0 Å². The first-order valence-electron chi connectivity index (χ1n) is 5.61. The maximum atomic E-state index is 11.3. The van der Waals surface area contributed by atoms with Gasteiger partial charge in [-0.15, -0.1) is 10.2 Å². The molecule has 1 aliphatic carbocycles. The lowest BCUT2D eigenvalue weighted by molar-refractivity contribution is -0.141. The first-order valence-corrected chi connectivity index (χ1v) is 7.58. The number of thioether (sulfide) groups is 1. The molecule has 0 aromatic carbocycles. The monoisotopic (exact) mass is 288 g/mol. The first-order chi connectivity index (χ1) is 8.67. The van der Waals surface area contributed by atoms with Crippen molar-refractivity contribution in [2.24, 2.45) is 11.3 Å². The summed E-state index contributed by atoms with van der Waals surface area (Å²) in [5.41, 5.74) is 2.64. The summed E-state index contributed by atoms with van der Waals surface area (Å²) in [5.74, 6) is 6.90. The molecule has 1 saturated carbocycles. The number of nitrogens with zero attached hydrogens (tertiary/aromatic N) is 2. The standard InChI is InChI=1S/C10H16N4O2S2/c1-16-8(15)4-10(2-3-10)6-17-5-7-13-14-9(12-11)18-7/h2-6,11H2,1H3,(H,12,14). The number of nitrogens with one attached hydrogen (secondary N) is 1. The van der Waals surface area contributed by atoms with E-state index in [4.69, 9.17) is 10.6 Å². The van der Waals surface area contributed by atoms with E-state index in [0.717, 1.165) is 29.4 Å². The molecule has 1 aliphatic rings. The molecular formula is C10H16N4O2S2. The zero-order chi connectivity index (χ0) is 13.0. The summed E-state index contributed by atoms with van der Waals surface area (Å²) in [6, 6.07) is 0. The summed E-state index contributed by atoms with van der Waals surface area (Å²) in [4.78, 5) is 11.3. The van der Waals surface area contributed by atoms with E-state index in [1.165, 1.54) is 18.4 Å². The summed E-state index contributed by atoms with van der Waals surface area (Å²) in [6.07, 6.45) is 2.75. The highest BCUT2D eigenvalue weighted by Crippen LogP contribution is 2.51. The van der Waals surface area contributed by atoms with Crippen LogP contribution in [0.25, 0.3) is 0 Å². The summed E-state index contributed by atoms with van der Waals surface area (Å²) in [5, 5.41) is 9.46. The van der Waals surface area contributed by atoms with Gasteiger partial charge in [0.15, 0.2) is 0 Å². The second kappa shape index (κ2) is 5.85. The van der Waals surface area contributed by atoms with Crippen LogP contribution in [-0.4, -0.2) is 29.0 Å². The third kappa shape index (κ3) is 3.56. The molecule has 18 heavy (non-hydrogen) atoms. The summed E-state index contributed by atoms with van der Waals surface area (Å²) < 4.78 is 4.72. The Balaban J connectivity index is 1.73. The van der Waals surface area contributed by atoms with E-state index >= 15 is 0 Å². The number of nitrogen functional groups attached to an aromatic ring is 1. The van der Waals surface area contributed by atoms with Crippen molar-refractivity contribution >= 4 is 34.2 Å². The van der Waals surface area contributed by atoms with E-state index in [1.54, 1.807) is 11.8 Å². The lowest BCUT2D eigenvalue weighted by Crippen LogP contribution is -2.13. The normalized spacial score (nSPS) is 16.3. The number of hydrogen-bond acceptors (Lipinski definition) is 8. The maximum Gasteiger partial charge on any atom is 0.306 e. The second-order valence-electron chi connectivity index (χ2n) is 4.39. The molecule has 2 rings (SSSR count). The quantitative estimate of drug-likeness (QED) is 0.445. The second-order valence-corrected chi connectivity index (χ2v) is 6.44. The van der Waals surface area contributed by atoms with E-state index in [9.17, 15) is 4.79 Å². The van der Waals surface area contributed by atoms with Crippen molar-refractivity contribution in [1.29, 1.82) is 0 Å². The van der Waals surface area contributed by atoms with E-state index in [0.29, 0.717) is 11.6 Å². The third-order valence-corrected chi connectivity index (χ3v) is 5.26. The lowest BCUT2D eigenvalue weighted by atomic mass is 10.1. The van der Waals surface area contributed by atoms with Gasteiger partial charge in [-0.1, -0.05) is 11.3 Å². The average molecular weight is 288 g/mol. The fraction of sp³-hybridized carbons (Fsp3) is 0.700. The number of esters is 1. The topological polar surface area (TPSA) is 90.1 Å². The molecular weight excluding hydrogens is 272 g/mol. The van der Waals surface area contributed by atoms with Crippen molar-refractivity contribution in [3.05, 3.63) is 5.01 Å². The van der Waals surface area contributed by atoms with Gasteiger partial charge in [0.25, 0.3) is 0 Å². The van der Waals surface area contributed by atoms with Gasteiger partial charge in [-0.3, -0.25) is 10.2 Å². The molecule has 3 N–H and O–H groups in total. The molecule has 1 fully saturated rings. The van der Waals surface area contributed by atoms with Gasteiger partial charge in [0.1, 0.15) is 5.01 Å². The third-order valence-electron chi connectivity index (χ3n) is 2.93. The number of aromatic nitrogens is 2. The van der Waals surface area contributed by atoms with Crippen LogP contribution in [0.1, 0.15) is 24.3 Å². The van der Waals surface area contributed by atoms with Crippen molar-refractivity contribution in [3.63, 3.8) is 0 Å². The van der Waals surface area contributed by atoms with Crippen LogP contribution in [0.4, 0.5) is 5.13 Å². The molecule has 6 nitrogen and oxygen atoms in total. The lowest BCUT2D eigenvalue weighted by Gasteiger charge is -2.12. The van der Waals surface area contributed by atoms with Crippen molar-refractivity contribution in [2.45, 2.75) is 25.0 Å². The van der Waals surface area contributed by atoms with Gasteiger partial charge < -0.3 is 4.74 Å². The SMILES string of the molecule is COC(=O)CC1(CSCc2nnc(NN)s2)CC1. The van der Waals surface area contributed by atoms with Crippen LogP contribution >= 0.6 is 23.1 Å². The van der Waals surface area contributed by atoms with Crippen LogP contribution in [0.5, 0.6) is 0 Å². The molecule has 100 valence electrons. The maximum absolute atomic E-state index is 11.3. The molecule has 1 aromatic heterocycles. The smallest absolute Gasteiger partial charge is 0.306 e. The molecule has 0 amide bonds. The molecule has 0 saturated heterocycles. The minimum absolute atomic E-state index is 0.112. The van der Waals surface area contributed by atoms with Gasteiger partial charge in [0.05, 0.1) is 13.5 Å². The predicted molar refractivity (Wildman–Crippen MR) is 72.2 cm³/mol. The van der Waals surface area contributed by atoms with E-state index < -0.39 is 0 Å². The van der Waals surface area contributed by atoms with E-state index in [2.05, 4.69) is 15.6 Å². The zero-order valence-corrected chi connectivity index (χ0v) is 11.8. The van der Waals surface area contributed by atoms with Gasteiger partial charge in [-0.05, 0) is 24.0 Å². The Labute approximate surface area is 114 Å². The first kappa shape index (κ1) is 13.6. The largest absolute Gasteiger partial charge is 0.469 e. The Morgan fingerprint density at radius 2 is 2.39 bits per heavy atom. The van der Waals surface area contributed by atoms with Crippen molar-refractivity contribution in [3.8, 4) is 0 Å². The Bertz CT molecular complexity index is 420. The van der Waals surface area contributed by atoms with Crippen molar-refractivity contribution < 1.29 is 9.53 Å². The highest BCUT2D eigenvalue weighted by atomic mass is 32.2. The van der Waals surface area contributed by atoms with Crippen LogP contribution in [0.2, 0.25) is 0 Å². The molecule has 0 aliphatic heterocycles. The molecule has 1 aromatic rings. The van der Waals surface area contributed by atoms with Gasteiger partial charge in [0, 0.05) is 5.75 Å². The number of carbonyl (C=O) groups is 1. The summed E-state index contributed by atoms with van der Waals surface area (Å²) in [7, 11) is 1.44. The average Bonchev–Trinajstić information content (AvgIpc) is 2.97. The van der Waals surface area contributed by atoms with Gasteiger partial charge in [-0.2, -0.15) is 11.8 Å². The predicted octanol–water partition coefficient (Wildman–Crippen LogP) is 1.40.